The highest BCUT2D eigenvalue weighted by molar-refractivity contribution is 5.78. The van der Waals surface area contributed by atoms with E-state index in [-0.39, 0.29) is 5.91 Å². The molecule has 1 heterocycles. The molecule has 70 valence electrons. The van der Waals surface area contributed by atoms with Crippen molar-refractivity contribution in [3.05, 3.63) is 0 Å². The fraction of sp³-hybridized carbons (Fsp3) is 0.875. The summed E-state index contributed by atoms with van der Waals surface area (Å²) in [4.78, 5) is 10.8. The highest BCUT2D eigenvalue weighted by atomic mass is 16.1. The fourth-order valence-corrected chi connectivity index (χ4v) is 1.33. The highest BCUT2D eigenvalue weighted by Crippen LogP contribution is 2.04. The third-order valence-electron chi connectivity index (χ3n) is 2.03. The van der Waals surface area contributed by atoms with Crippen molar-refractivity contribution in [3.63, 3.8) is 0 Å². The van der Waals surface area contributed by atoms with Gasteiger partial charge in [-0.3, -0.25) is 4.79 Å². The molecule has 1 aliphatic heterocycles. The molecule has 0 aromatic heterocycles. The molecular weight excluding hydrogens is 154 g/mol. The van der Waals surface area contributed by atoms with E-state index in [9.17, 15) is 4.79 Å². The molecule has 0 aromatic rings. The van der Waals surface area contributed by atoms with E-state index in [2.05, 4.69) is 10.6 Å². The first-order valence-electron chi connectivity index (χ1n) is 4.53. The van der Waals surface area contributed by atoms with Gasteiger partial charge in [0, 0.05) is 19.0 Å². The van der Waals surface area contributed by atoms with Crippen molar-refractivity contribution in [1.82, 2.24) is 10.6 Å². The average molecular weight is 171 g/mol. The zero-order chi connectivity index (χ0) is 8.81. The molecule has 1 unspecified atom stereocenters. The Hall–Kier alpha value is -0.610. The van der Waals surface area contributed by atoms with Crippen molar-refractivity contribution in [2.24, 2.45) is 5.73 Å². The third-order valence-corrected chi connectivity index (χ3v) is 2.03. The van der Waals surface area contributed by atoms with Crippen LogP contribution in [0, 0.1) is 0 Å². The molecule has 1 atom stereocenters. The van der Waals surface area contributed by atoms with E-state index < -0.39 is 0 Å². The van der Waals surface area contributed by atoms with Crippen LogP contribution in [0.15, 0.2) is 0 Å². The molecule has 12 heavy (non-hydrogen) atoms. The van der Waals surface area contributed by atoms with Crippen LogP contribution in [0.1, 0.15) is 19.3 Å². The highest BCUT2D eigenvalue weighted by Gasteiger charge is 2.19. The van der Waals surface area contributed by atoms with Gasteiger partial charge in [-0.1, -0.05) is 0 Å². The van der Waals surface area contributed by atoms with Gasteiger partial charge in [0.25, 0.3) is 0 Å². The average Bonchev–Trinajstić information content (AvgIpc) is 2.45. The normalized spacial score (nSPS) is 22.8. The fourth-order valence-electron chi connectivity index (χ4n) is 1.33. The van der Waals surface area contributed by atoms with E-state index in [0.717, 1.165) is 32.5 Å². The summed E-state index contributed by atoms with van der Waals surface area (Å²) in [7, 11) is 0. The Balaban J connectivity index is 1.97. The quantitative estimate of drug-likeness (QED) is 0.475. The number of amides is 1. The molecule has 1 fully saturated rings. The maximum atomic E-state index is 10.8. The van der Waals surface area contributed by atoms with Gasteiger partial charge in [-0.15, -0.1) is 0 Å². The Labute approximate surface area is 72.9 Å². The summed E-state index contributed by atoms with van der Waals surface area (Å²) >= 11 is 0. The first-order chi connectivity index (χ1) is 5.83. The number of nitrogens with one attached hydrogen (secondary N) is 2. The monoisotopic (exact) mass is 171 g/mol. The number of nitrogens with two attached hydrogens (primary N) is 1. The summed E-state index contributed by atoms with van der Waals surface area (Å²) in [5.74, 6) is 0.181. The lowest BCUT2D eigenvalue weighted by Gasteiger charge is -2.10. The van der Waals surface area contributed by atoms with Crippen LogP contribution in [0.3, 0.4) is 0 Å². The minimum Gasteiger partial charge on any atom is -0.352 e. The molecule has 4 heteroatoms. The lowest BCUT2D eigenvalue weighted by Crippen LogP contribution is -2.36. The maximum Gasteiger partial charge on any atom is 0.220 e. The predicted molar refractivity (Wildman–Crippen MR) is 47.7 cm³/mol. The van der Waals surface area contributed by atoms with Crippen LogP contribution in [0.25, 0.3) is 0 Å². The number of hydrogen-bond donors (Lipinski definition) is 3. The second kappa shape index (κ2) is 5.11. The van der Waals surface area contributed by atoms with Gasteiger partial charge in [0.05, 0.1) is 0 Å². The molecule has 0 bridgehead atoms. The molecule has 0 saturated carbocycles. The molecule has 0 aliphatic carbocycles. The zero-order valence-electron chi connectivity index (χ0n) is 7.31. The minimum atomic E-state index is 0.181. The van der Waals surface area contributed by atoms with Gasteiger partial charge in [0.15, 0.2) is 0 Å². The van der Waals surface area contributed by atoms with E-state index in [1.165, 1.54) is 0 Å². The van der Waals surface area contributed by atoms with Crippen molar-refractivity contribution in [2.75, 3.05) is 19.6 Å². The van der Waals surface area contributed by atoms with Crippen LogP contribution in [-0.2, 0) is 4.79 Å². The lowest BCUT2D eigenvalue weighted by molar-refractivity contribution is -0.119. The number of carbonyl (C=O) groups is 1. The molecule has 1 saturated heterocycles. The van der Waals surface area contributed by atoms with Crippen LogP contribution >= 0.6 is 0 Å². The van der Waals surface area contributed by atoms with Crippen molar-refractivity contribution in [2.45, 2.75) is 25.3 Å². The summed E-state index contributed by atoms with van der Waals surface area (Å²) in [6.45, 7) is 2.55. The molecule has 0 spiro atoms. The Kier molecular flexibility index (Phi) is 4.04. The van der Waals surface area contributed by atoms with Gasteiger partial charge in [-0.2, -0.15) is 0 Å². The zero-order valence-corrected chi connectivity index (χ0v) is 7.31. The third kappa shape index (κ3) is 3.19. The minimum absolute atomic E-state index is 0.181. The van der Waals surface area contributed by atoms with Crippen LogP contribution in [0.5, 0.6) is 0 Å². The molecule has 0 aromatic carbocycles. The van der Waals surface area contributed by atoms with Gasteiger partial charge in [-0.05, 0) is 25.9 Å². The van der Waals surface area contributed by atoms with Crippen LogP contribution in [0.2, 0.25) is 0 Å². The Bertz CT molecular complexity index is 149. The van der Waals surface area contributed by atoms with Gasteiger partial charge < -0.3 is 16.4 Å². The molecular formula is C8H17N3O. The second-order valence-corrected chi connectivity index (χ2v) is 3.15. The van der Waals surface area contributed by atoms with E-state index in [1.807, 2.05) is 0 Å². The SMILES string of the molecule is NCCCNCC1CCC(=O)N1. The molecule has 1 aliphatic rings. The van der Waals surface area contributed by atoms with E-state index in [0.29, 0.717) is 12.5 Å². The lowest BCUT2D eigenvalue weighted by atomic mass is 10.2. The van der Waals surface area contributed by atoms with Crippen molar-refractivity contribution < 1.29 is 4.79 Å². The topological polar surface area (TPSA) is 67.1 Å². The number of rotatable bonds is 5. The molecule has 4 N–H and O–H groups in total. The summed E-state index contributed by atoms with van der Waals surface area (Å²) in [5, 5.41) is 6.15. The van der Waals surface area contributed by atoms with Crippen LogP contribution < -0.4 is 16.4 Å². The Morgan fingerprint density at radius 3 is 3.08 bits per heavy atom. The van der Waals surface area contributed by atoms with E-state index >= 15 is 0 Å². The first kappa shape index (κ1) is 9.48. The van der Waals surface area contributed by atoms with E-state index in [4.69, 9.17) is 5.73 Å². The molecule has 1 amide bonds. The van der Waals surface area contributed by atoms with Crippen molar-refractivity contribution in [3.8, 4) is 0 Å². The Morgan fingerprint density at radius 1 is 1.67 bits per heavy atom. The maximum absolute atomic E-state index is 10.8. The van der Waals surface area contributed by atoms with Gasteiger partial charge >= 0.3 is 0 Å². The predicted octanol–water partition coefficient (Wildman–Crippen LogP) is -0.797. The smallest absolute Gasteiger partial charge is 0.220 e. The summed E-state index contributed by atoms with van der Waals surface area (Å²) in [6.07, 6.45) is 2.65. The molecule has 0 radical (unpaired) electrons. The number of carbonyl (C=O) groups excluding carboxylic acids is 1. The molecule has 4 nitrogen and oxygen atoms in total. The first-order valence-corrected chi connectivity index (χ1v) is 4.53. The summed E-state index contributed by atoms with van der Waals surface area (Å²) in [6, 6.07) is 0.343. The summed E-state index contributed by atoms with van der Waals surface area (Å²) in [5.41, 5.74) is 5.34. The van der Waals surface area contributed by atoms with Crippen molar-refractivity contribution >= 4 is 5.91 Å². The van der Waals surface area contributed by atoms with E-state index in [1.54, 1.807) is 0 Å². The van der Waals surface area contributed by atoms with Crippen LogP contribution in [0.4, 0.5) is 0 Å². The van der Waals surface area contributed by atoms with Gasteiger partial charge in [0.2, 0.25) is 5.91 Å². The van der Waals surface area contributed by atoms with Crippen molar-refractivity contribution in [1.29, 1.82) is 0 Å². The van der Waals surface area contributed by atoms with Crippen LogP contribution in [-0.4, -0.2) is 31.6 Å². The largest absolute Gasteiger partial charge is 0.352 e. The van der Waals surface area contributed by atoms with Gasteiger partial charge in [-0.25, -0.2) is 0 Å². The Morgan fingerprint density at radius 2 is 2.50 bits per heavy atom. The summed E-state index contributed by atoms with van der Waals surface area (Å²) < 4.78 is 0. The standard InChI is InChI=1S/C8H17N3O/c9-4-1-5-10-6-7-2-3-8(12)11-7/h7,10H,1-6,9H2,(H,11,12). The second-order valence-electron chi connectivity index (χ2n) is 3.15. The molecule has 1 rings (SSSR count). The van der Waals surface area contributed by atoms with Gasteiger partial charge in [0.1, 0.15) is 0 Å². The number of hydrogen-bond acceptors (Lipinski definition) is 3.